The van der Waals surface area contributed by atoms with E-state index in [1.807, 2.05) is 23.7 Å². The van der Waals surface area contributed by atoms with Crippen molar-refractivity contribution in [1.82, 2.24) is 24.7 Å². The van der Waals surface area contributed by atoms with Gasteiger partial charge in [0.15, 0.2) is 0 Å². The molecule has 8 heteroatoms. The minimum atomic E-state index is -0.322. The number of aryl methyl sites for hydroxylation is 2. The molecular formula is C21H20N6O2. The normalized spacial score (nSPS) is 11.1. The number of carbonyl (C=O) groups is 1. The van der Waals surface area contributed by atoms with Crippen LogP contribution in [0.15, 0.2) is 49.1 Å². The van der Waals surface area contributed by atoms with Gasteiger partial charge < -0.3 is 10.8 Å². The van der Waals surface area contributed by atoms with Crippen molar-refractivity contribution < 1.29 is 9.90 Å². The Kier molecular flexibility index (Phi) is 4.90. The topological polar surface area (TPSA) is 120 Å². The Hall–Kier alpha value is -3.81. The molecule has 146 valence electrons. The van der Waals surface area contributed by atoms with Crippen molar-refractivity contribution in [3.05, 3.63) is 54.6 Å². The number of fused-ring (bicyclic) bond motifs is 1. The van der Waals surface area contributed by atoms with Crippen LogP contribution < -0.4 is 5.73 Å². The Morgan fingerprint density at radius 3 is 2.79 bits per heavy atom. The molecule has 1 amide bonds. The second-order valence-corrected chi connectivity index (χ2v) is 6.82. The molecule has 1 aromatic carbocycles. The summed E-state index contributed by atoms with van der Waals surface area (Å²) in [4.78, 5) is 24.1. The average Bonchev–Trinajstić information content (AvgIpc) is 3.12. The highest BCUT2D eigenvalue weighted by molar-refractivity contribution is 5.84. The molecule has 0 fully saturated rings. The third-order valence-corrected chi connectivity index (χ3v) is 4.71. The lowest BCUT2D eigenvalue weighted by atomic mass is 10.0. The SMILES string of the molecule is Cc1cc(-c2cc(-c3cnccn3)ccc2O)nc2cnn(CCCC(N)=O)c12. The van der Waals surface area contributed by atoms with Crippen LogP contribution in [0.4, 0.5) is 0 Å². The molecule has 0 unspecified atom stereocenters. The number of benzene rings is 1. The predicted octanol–water partition coefficient (Wildman–Crippen LogP) is 2.83. The van der Waals surface area contributed by atoms with Crippen LogP contribution in [0, 0.1) is 6.92 Å². The standard InChI is InChI=1S/C21H20N6O2/c1-13-9-16(26-18-12-25-27(21(13)18)8-2-3-20(22)29)15-10-14(4-5-19(15)28)17-11-23-6-7-24-17/h4-7,9-12,28H,2-3,8H2,1H3,(H2,22,29). The van der Waals surface area contributed by atoms with Gasteiger partial charge in [-0.15, -0.1) is 0 Å². The van der Waals surface area contributed by atoms with Gasteiger partial charge in [-0.05, 0) is 43.2 Å². The number of pyridine rings is 1. The van der Waals surface area contributed by atoms with Crippen molar-refractivity contribution in [2.24, 2.45) is 5.73 Å². The molecule has 0 saturated carbocycles. The van der Waals surface area contributed by atoms with Crippen LogP contribution in [0.1, 0.15) is 18.4 Å². The van der Waals surface area contributed by atoms with Crippen molar-refractivity contribution >= 4 is 16.9 Å². The smallest absolute Gasteiger partial charge is 0.217 e. The number of nitrogens with zero attached hydrogens (tertiary/aromatic N) is 5. The summed E-state index contributed by atoms with van der Waals surface area (Å²) in [5.41, 5.74) is 10.6. The third-order valence-electron chi connectivity index (χ3n) is 4.71. The molecule has 3 aromatic heterocycles. The highest BCUT2D eigenvalue weighted by atomic mass is 16.3. The van der Waals surface area contributed by atoms with E-state index in [0.717, 1.165) is 22.2 Å². The summed E-state index contributed by atoms with van der Waals surface area (Å²) >= 11 is 0. The Labute approximate surface area is 167 Å². The fourth-order valence-electron chi connectivity index (χ4n) is 3.36. The van der Waals surface area contributed by atoms with Crippen LogP contribution in [0.5, 0.6) is 5.75 Å². The molecule has 29 heavy (non-hydrogen) atoms. The van der Waals surface area contributed by atoms with E-state index in [4.69, 9.17) is 10.7 Å². The third kappa shape index (κ3) is 3.77. The van der Waals surface area contributed by atoms with Gasteiger partial charge in [0.2, 0.25) is 5.91 Å². The first-order valence-electron chi connectivity index (χ1n) is 9.24. The van der Waals surface area contributed by atoms with Gasteiger partial charge in [-0.3, -0.25) is 19.4 Å². The number of amides is 1. The van der Waals surface area contributed by atoms with Gasteiger partial charge >= 0.3 is 0 Å². The fourth-order valence-corrected chi connectivity index (χ4v) is 3.36. The van der Waals surface area contributed by atoms with Gasteiger partial charge in [0.1, 0.15) is 11.3 Å². The monoisotopic (exact) mass is 388 g/mol. The first kappa shape index (κ1) is 18.5. The molecule has 4 aromatic rings. The highest BCUT2D eigenvalue weighted by Gasteiger charge is 2.14. The summed E-state index contributed by atoms with van der Waals surface area (Å²) in [7, 11) is 0. The molecule has 3 N–H and O–H groups in total. The van der Waals surface area contributed by atoms with E-state index in [9.17, 15) is 9.90 Å². The number of aromatic nitrogens is 5. The van der Waals surface area contributed by atoms with E-state index in [0.29, 0.717) is 36.3 Å². The molecule has 8 nitrogen and oxygen atoms in total. The number of phenols is 1. The highest BCUT2D eigenvalue weighted by Crippen LogP contribution is 2.33. The van der Waals surface area contributed by atoms with Crippen LogP contribution in [0.2, 0.25) is 0 Å². The summed E-state index contributed by atoms with van der Waals surface area (Å²) in [6, 6.07) is 7.20. The maximum Gasteiger partial charge on any atom is 0.217 e. The summed E-state index contributed by atoms with van der Waals surface area (Å²) in [5, 5.41) is 14.8. The van der Waals surface area contributed by atoms with E-state index in [-0.39, 0.29) is 11.7 Å². The van der Waals surface area contributed by atoms with Crippen molar-refractivity contribution in [2.45, 2.75) is 26.3 Å². The van der Waals surface area contributed by atoms with Crippen molar-refractivity contribution in [1.29, 1.82) is 0 Å². The summed E-state index contributed by atoms with van der Waals surface area (Å²) in [6.07, 6.45) is 7.55. The quantitative estimate of drug-likeness (QED) is 0.524. The van der Waals surface area contributed by atoms with Crippen molar-refractivity contribution in [3.8, 4) is 28.3 Å². The number of phenolic OH excluding ortho intramolecular Hbond substituents is 1. The summed E-state index contributed by atoms with van der Waals surface area (Å²) in [6.45, 7) is 2.56. The first-order chi connectivity index (χ1) is 14.0. The fraction of sp³-hybridized carbons (Fsp3) is 0.190. The van der Waals surface area contributed by atoms with Gasteiger partial charge in [0, 0.05) is 36.5 Å². The number of hydrogen-bond donors (Lipinski definition) is 2. The lowest BCUT2D eigenvalue weighted by molar-refractivity contribution is -0.118. The molecular weight excluding hydrogens is 368 g/mol. The van der Waals surface area contributed by atoms with Crippen LogP contribution in [-0.4, -0.2) is 35.7 Å². The minimum Gasteiger partial charge on any atom is -0.507 e. The van der Waals surface area contributed by atoms with Gasteiger partial charge in [0.05, 0.1) is 29.3 Å². The molecule has 0 aliphatic heterocycles. The number of nitrogens with two attached hydrogens (primary N) is 1. The molecule has 0 bridgehead atoms. The second-order valence-electron chi connectivity index (χ2n) is 6.82. The van der Waals surface area contributed by atoms with E-state index in [1.165, 1.54) is 0 Å². The number of carbonyl (C=O) groups excluding carboxylic acids is 1. The molecule has 0 saturated heterocycles. The van der Waals surface area contributed by atoms with E-state index in [2.05, 4.69) is 15.1 Å². The van der Waals surface area contributed by atoms with Crippen LogP contribution in [0.25, 0.3) is 33.5 Å². The number of rotatable bonds is 6. The van der Waals surface area contributed by atoms with E-state index >= 15 is 0 Å². The maximum absolute atomic E-state index is 11.0. The Morgan fingerprint density at radius 1 is 1.17 bits per heavy atom. The van der Waals surface area contributed by atoms with E-state index < -0.39 is 0 Å². The zero-order valence-corrected chi connectivity index (χ0v) is 15.9. The lowest BCUT2D eigenvalue weighted by Crippen LogP contribution is -2.12. The van der Waals surface area contributed by atoms with Crippen LogP contribution in [-0.2, 0) is 11.3 Å². The van der Waals surface area contributed by atoms with Gasteiger partial charge in [-0.25, -0.2) is 4.98 Å². The van der Waals surface area contributed by atoms with Crippen LogP contribution >= 0.6 is 0 Å². The summed E-state index contributed by atoms with van der Waals surface area (Å²) < 4.78 is 1.83. The molecule has 0 aliphatic carbocycles. The van der Waals surface area contributed by atoms with E-state index in [1.54, 1.807) is 36.9 Å². The summed E-state index contributed by atoms with van der Waals surface area (Å²) in [5.74, 6) is -0.185. The zero-order chi connectivity index (χ0) is 20.4. The number of aromatic hydroxyl groups is 1. The molecule has 4 rings (SSSR count). The maximum atomic E-state index is 11.0. The first-order valence-corrected chi connectivity index (χ1v) is 9.24. The largest absolute Gasteiger partial charge is 0.507 e. The molecule has 0 spiro atoms. The number of primary amides is 1. The van der Waals surface area contributed by atoms with Crippen molar-refractivity contribution in [2.75, 3.05) is 0 Å². The average molecular weight is 388 g/mol. The Bertz CT molecular complexity index is 1190. The molecule has 0 radical (unpaired) electrons. The van der Waals surface area contributed by atoms with Crippen LogP contribution in [0.3, 0.4) is 0 Å². The van der Waals surface area contributed by atoms with Crippen molar-refractivity contribution in [3.63, 3.8) is 0 Å². The Balaban J connectivity index is 1.73. The van der Waals surface area contributed by atoms with Gasteiger partial charge in [-0.2, -0.15) is 5.10 Å². The molecule has 0 atom stereocenters. The van der Waals surface area contributed by atoms with Gasteiger partial charge in [-0.1, -0.05) is 0 Å². The minimum absolute atomic E-state index is 0.137. The van der Waals surface area contributed by atoms with Gasteiger partial charge in [0.25, 0.3) is 0 Å². The number of hydrogen-bond acceptors (Lipinski definition) is 6. The Morgan fingerprint density at radius 2 is 2.03 bits per heavy atom. The predicted molar refractivity (Wildman–Crippen MR) is 109 cm³/mol. The second kappa shape index (κ2) is 7.67. The molecule has 3 heterocycles. The molecule has 0 aliphatic rings. The zero-order valence-electron chi connectivity index (χ0n) is 15.9. The lowest BCUT2D eigenvalue weighted by Gasteiger charge is -2.10.